The van der Waals surface area contributed by atoms with E-state index in [2.05, 4.69) is 12.1 Å². The fourth-order valence-corrected chi connectivity index (χ4v) is 4.90. The highest BCUT2D eigenvalue weighted by molar-refractivity contribution is 5.89. The van der Waals surface area contributed by atoms with Gasteiger partial charge in [0.1, 0.15) is 5.76 Å². The van der Waals surface area contributed by atoms with E-state index in [9.17, 15) is 9.59 Å². The van der Waals surface area contributed by atoms with Crippen LogP contribution in [0.3, 0.4) is 0 Å². The van der Waals surface area contributed by atoms with Gasteiger partial charge >= 0.3 is 0 Å². The molecule has 2 atom stereocenters. The maximum atomic E-state index is 12.9. The lowest BCUT2D eigenvalue weighted by Gasteiger charge is -2.33. The molecular formula is C21H31N3O4. The number of piperidine rings is 1. The number of rotatable bonds is 5. The van der Waals surface area contributed by atoms with Crippen molar-refractivity contribution < 1.29 is 18.8 Å². The van der Waals surface area contributed by atoms with Crippen molar-refractivity contribution in [2.75, 3.05) is 39.9 Å². The van der Waals surface area contributed by atoms with Crippen LogP contribution >= 0.6 is 0 Å². The van der Waals surface area contributed by atoms with Crippen molar-refractivity contribution in [1.29, 1.82) is 0 Å². The molecule has 154 valence electrons. The molecule has 4 rings (SSSR count). The second-order valence-electron chi connectivity index (χ2n) is 8.65. The normalized spacial score (nSPS) is 26.0. The summed E-state index contributed by atoms with van der Waals surface area (Å²) in [6.45, 7) is 5.36. The second kappa shape index (κ2) is 8.23. The first kappa shape index (κ1) is 19.4. The largest absolute Gasteiger partial charge is 0.383 e. The van der Waals surface area contributed by atoms with Crippen LogP contribution in [0, 0.1) is 11.8 Å². The fraction of sp³-hybridized carbons (Fsp3) is 0.762. The second-order valence-corrected chi connectivity index (χ2v) is 8.65. The van der Waals surface area contributed by atoms with Crippen LogP contribution in [0.1, 0.15) is 55.5 Å². The number of hydrogen-bond acceptors (Lipinski definition) is 5. The maximum Gasteiger partial charge on any atom is 0.227 e. The Morgan fingerprint density at radius 2 is 2.04 bits per heavy atom. The van der Waals surface area contributed by atoms with Gasteiger partial charge in [-0.15, -0.1) is 0 Å². The maximum absolute atomic E-state index is 12.9. The van der Waals surface area contributed by atoms with Gasteiger partial charge < -0.3 is 19.1 Å². The summed E-state index contributed by atoms with van der Waals surface area (Å²) >= 11 is 0. The summed E-state index contributed by atoms with van der Waals surface area (Å²) in [5.41, 5.74) is 2.48. The summed E-state index contributed by atoms with van der Waals surface area (Å²) in [6.07, 6.45) is 5.43. The zero-order valence-corrected chi connectivity index (χ0v) is 17.0. The number of amides is 2. The van der Waals surface area contributed by atoms with Crippen LogP contribution in [-0.2, 0) is 27.2 Å². The predicted octanol–water partition coefficient (Wildman–Crippen LogP) is 2.00. The molecule has 28 heavy (non-hydrogen) atoms. The minimum Gasteiger partial charge on any atom is -0.383 e. The van der Waals surface area contributed by atoms with Gasteiger partial charge in [-0.2, -0.15) is 0 Å². The highest BCUT2D eigenvalue weighted by atomic mass is 16.5. The van der Waals surface area contributed by atoms with Gasteiger partial charge in [-0.1, -0.05) is 12.1 Å². The molecule has 0 N–H and O–H groups in total. The summed E-state index contributed by atoms with van der Waals surface area (Å²) in [4.78, 5) is 28.7. The third-order valence-electron chi connectivity index (χ3n) is 6.63. The first-order valence-electron chi connectivity index (χ1n) is 10.6. The molecule has 7 heteroatoms. The Morgan fingerprint density at radius 1 is 1.25 bits per heavy atom. The van der Waals surface area contributed by atoms with Crippen molar-refractivity contribution in [2.24, 2.45) is 11.8 Å². The van der Waals surface area contributed by atoms with Crippen LogP contribution in [0.2, 0.25) is 0 Å². The van der Waals surface area contributed by atoms with Gasteiger partial charge in [0.25, 0.3) is 0 Å². The molecule has 3 heterocycles. The van der Waals surface area contributed by atoms with Crippen LogP contribution in [0.4, 0.5) is 0 Å². The van der Waals surface area contributed by atoms with Crippen molar-refractivity contribution in [3.63, 3.8) is 0 Å². The Labute approximate surface area is 166 Å². The smallest absolute Gasteiger partial charge is 0.227 e. The van der Waals surface area contributed by atoms with Crippen LogP contribution < -0.4 is 0 Å². The van der Waals surface area contributed by atoms with Gasteiger partial charge in [0.2, 0.25) is 11.8 Å². The van der Waals surface area contributed by atoms with Crippen molar-refractivity contribution >= 4 is 11.8 Å². The molecule has 2 aliphatic heterocycles. The number of aromatic nitrogens is 1. The molecule has 2 fully saturated rings. The number of methoxy groups -OCH3 is 1. The third kappa shape index (κ3) is 3.81. The molecule has 2 saturated heterocycles. The molecule has 1 aliphatic carbocycles. The van der Waals surface area contributed by atoms with Crippen LogP contribution in [0.25, 0.3) is 0 Å². The van der Waals surface area contributed by atoms with E-state index in [-0.39, 0.29) is 17.7 Å². The van der Waals surface area contributed by atoms with E-state index in [1.807, 2.05) is 4.90 Å². The number of aryl methyl sites for hydroxylation is 1. The van der Waals surface area contributed by atoms with Gasteiger partial charge in [-0.05, 0) is 38.0 Å². The lowest BCUT2D eigenvalue weighted by atomic mass is 9.83. The SMILES string of the molecule is COCCN1CC(C(=O)N2CCC(c3onc4c3CC(C)CC4)CC2)CC1=O. The molecule has 1 aromatic rings. The van der Waals surface area contributed by atoms with E-state index < -0.39 is 0 Å². The molecule has 2 unspecified atom stereocenters. The minimum absolute atomic E-state index is 0.0627. The Morgan fingerprint density at radius 3 is 2.79 bits per heavy atom. The molecular weight excluding hydrogens is 358 g/mol. The summed E-state index contributed by atoms with van der Waals surface area (Å²) in [5.74, 6) is 2.09. The van der Waals surface area contributed by atoms with E-state index in [0.29, 0.717) is 38.0 Å². The van der Waals surface area contributed by atoms with Gasteiger partial charge in [0.15, 0.2) is 0 Å². The molecule has 0 saturated carbocycles. The van der Waals surface area contributed by atoms with Crippen molar-refractivity contribution in [2.45, 2.75) is 51.4 Å². The minimum atomic E-state index is -0.209. The van der Waals surface area contributed by atoms with Crippen molar-refractivity contribution in [1.82, 2.24) is 15.0 Å². The van der Waals surface area contributed by atoms with E-state index in [1.165, 1.54) is 12.0 Å². The molecule has 0 bridgehead atoms. The molecule has 2 amide bonds. The number of nitrogens with zero attached hydrogens (tertiary/aromatic N) is 3. The number of likely N-dealkylation sites (tertiary alicyclic amines) is 2. The fourth-order valence-electron chi connectivity index (χ4n) is 4.90. The molecule has 0 radical (unpaired) electrons. The van der Waals surface area contributed by atoms with E-state index >= 15 is 0 Å². The average Bonchev–Trinajstić information content (AvgIpc) is 3.29. The van der Waals surface area contributed by atoms with Gasteiger partial charge in [0, 0.05) is 51.2 Å². The molecule has 1 aromatic heterocycles. The monoisotopic (exact) mass is 389 g/mol. The number of carbonyl (C=O) groups excluding carboxylic acids is 2. The number of ether oxygens (including phenoxy) is 1. The Bertz CT molecular complexity index is 723. The van der Waals surface area contributed by atoms with Gasteiger partial charge in [0.05, 0.1) is 18.2 Å². The summed E-state index contributed by atoms with van der Waals surface area (Å²) < 4.78 is 10.8. The Balaban J connectivity index is 1.33. The standard InChI is InChI=1S/C21H31N3O4/c1-14-3-4-18-17(11-14)20(28-22-18)15-5-7-23(8-6-15)21(26)16-12-19(25)24(13-16)9-10-27-2/h14-16H,3-13H2,1-2H3. The van der Waals surface area contributed by atoms with Gasteiger partial charge in [-0.25, -0.2) is 0 Å². The summed E-state index contributed by atoms with van der Waals surface area (Å²) in [6, 6.07) is 0. The van der Waals surface area contributed by atoms with Gasteiger partial charge in [-0.3, -0.25) is 9.59 Å². The number of hydrogen-bond donors (Lipinski definition) is 0. The zero-order valence-electron chi connectivity index (χ0n) is 17.0. The topological polar surface area (TPSA) is 75.9 Å². The van der Waals surface area contributed by atoms with Crippen LogP contribution in [-0.4, -0.2) is 66.7 Å². The third-order valence-corrected chi connectivity index (χ3v) is 6.63. The van der Waals surface area contributed by atoms with E-state index in [1.54, 1.807) is 12.0 Å². The van der Waals surface area contributed by atoms with E-state index in [0.717, 1.165) is 50.2 Å². The molecule has 0 aromatic carbocycles. The van der Waals surface area contributed by atoms with Crippen LogP contribution in [0.5, 0.6) is 0 Å². The quantitative estimate of drug-likeness (QED) is 0.770. The lowest BCUT2D eigenvalue weighted by molar-refractivity contribution is -0.136. The number of carbonyl (C=O) groups is 2. The first-order chi connectivity index (χ1) is 13.6. The zero-order chi connectivity index (χ0) is 19.7. The average molecular weight is 389 g/mol. The Hall–Kier alpha value is -1.89. The summed E-state index contributed by atoms with van der Waals surface area (Å²) in [7, 11) is 1.62. The lowest BCUT2D eigenvalue weighted by Crippen LogP contribution is -2.42. The molecule has 3 aliphatic rings. The highest BCUT2D eigenvalue weighted by Gasteiger charge is 2.38. The van der Waals surface area contributed by atoms with Crippen molar-refractivity contribution in [3.8, 4) is 0 Å². The highest BCUT2D eigenvalue weighted by Crippen LogP contribution is 2.36. The van der Waals surface area contributed by atoms with Crippen LogP contribution in [0.15, 0.2) is 4.52 Å². The number of fused-ring (bicyclic) bond motifs is 1. The molecule has 7 nitrogen and oxygen atoms in total. The predicted molar refractivity (Wildman–Crippen MR) is 103 cm³/mol. The Kier molecular flexibility index (Phi) is 5.71. The molecule has 0 spiro atoms. The first-order valence-corrected chi connectivity index (χ1v) is 10.6. The summed E-state index contributed by atoms with van der Waals surface area (Å²) in [5, 5.41) is 4.32. The van der Waals surface area contributed by atoms with E-state index in [4.69, 9.17) is 9.26 Å². The van der Waals surface area contributed by atoms with Crippen molar-refractivity contribution in [3.05, 3.63) is 17.0 Å².